The summed E-state index contributed by atoms with van der Waals surface area (Å²) in [6.45, 7) is 1.30. The number of hydrogen-bond donors (Lipinski definition) is 0. The van der Waals surface area contributed by atoms with Crippen LogP contribution in [0.1, 0.15) is 66.8 Å². The van der Waals surface area contributed by atoms with E-state index in [0.717, 1.165) is 144 Å². The molecule has 0 aromatic heterocycles. The molecule has 0 fully saturated rings. The highest BCUT2D eigenvalue weighted by molar-refractivity contribution is 7.88. The zero-order chi connectivity index (χ0) is 70.3. The van der Waals surface area contributed by atoms with Crippen LogP contribution in [0.5, 0.6) is 34.5 Å². The summed E-state index contributed by atoms with van der Waals surface area (Å²) in [4.78, 5) is 0. The van der Waals surface area contributed by atoms with Gasteiger partial charge in [0, 0.05) is 57.5 Å². The Bertz CT molecular complexity index is 4810. The molecule has 10 heteroatoms. The van der Waals surface area contributed by atoms with Crippen LogP contribution in [0.15, 0.2) is 361 Å². The molecule has 0 saturated carbocycles. The van der Waals surface area contributed by atoms with Crippen molar-refractivity contribution in [3.8, 4) is 34.5 Å². The lowest BCUT2D eigenvalue weighted by molar-refractivity contribution is 0.293. The van der Waals surface area contributed by atoms with Crippen LogP contribution in [-0.2, 0) is 52.1 Å². The lowest BCUT2D eigenvalue weighted by atomic mass is 9.91. The van der Waals surface area contributed by atoms with Crippen LogP contribution in [-0.4, -0.2) is 14.2 Å². The highest BCUT2D eigenvalue weighted by Crippen LogP contribution is 2.54. The monoisotopic (exact) mass is 1390 g/mol. The van der Waals surface area contributed by atoms with E-state index in [1.807, 2.05) is 24.3 Å². The summed E-state index contributed by atoms with van der Waals surface area (Å²) in [6.07, 6.45) is 1.69. The van der Waals surface area contributed by atoms with E-state index in [1.165, 1.54) is 0 Å². The van der Waals surface area contributed by atoms with Crippen molar-refractivity contribution in [2.24, 2.45) is 9.49 Å². The molecule has 0 amide bonds. The molecular formula is C94H80N2O6P2. The lowest BCUT2D eigenvalue weighted by Crippen LogP contribution is -2.27. The molecule has 0 saturated heterocycles. The average molecular weight is 1400 g/mol. The summed E-state index contributed by atoms with van der Waals surface area (Å²) in [6, 6.07) is 125. The first kappa shape index (κ1) is 68.1. The quantitative estimate of drug-likeness (QED) is 0.0629. The topological polar surface area (TPSA) is 80.1 Å². The third-order valence-corrected chi connectivity index (χ3v) is 26.4. The molecular weight excluding hydrogens is 1310 g/mol. The lowest BCUT2D eigenvalue weighted by Gasteiger charge is -2.30. The standard InChI is InChI=1S/C94H80N2O6P2/c1-97-83-53-49-81(50-54-83)95-103(85-41-19-7-20-42-85,86-43-21-8-22-44-86)89-61-77-57-73-37-27-39-75(91(73)99-65-69-29-11-3-12-30-69)59-79-63-90(104(87-45-23-9-24-46-87,88-47-25-10-26-48-88)96-82-51-55-84(98-2)56-52-82)64-80(94(79)102-68-72-35-17-6-18-36-72)60-76-40-28-38-74(92(76)100-66-70-31-13-4-14-32-70)58-78(62-89)93(77)101-67-71-33-15-5-16-34-71/h3-56,61-64H,57-60,65-68H2,1-2H3. The molecule has 0 radical (unpaired) electrons. The van der Waals surface area contributed by atoms with Gasteiger partial charge in [0.1, 0.15) is 60.9 Å². The first-order valence-electron chi connectivity index (χ1n) is 35.4. The Morgan fingerprint density at radius 3 is 0.683 bits per heavy atom. The minimum atomic E-state index is -3.03. The summed E-state index contributed by atoms with van der Waals surface area (Å²) < 4.78 is 53.9. The molecule has 0 aliphatic heterocycles. The number of ether oxygens (including phenoxy) is 6. The Morgan fingerprint density at radius 2 is 0.452 bits per heavy atom. The van der Waals surface area contributed by atoms with Crippen molar-refractivity contribution in [1.29, 1.82) is 0 Å². The van der Waals surface area contributed by atoms with E-state index in [9.17, 15) is 0 Å². The van der Waals surface area contributed by atoms with E-state index in [4.69, 9.17) is 37.9 Å². The average Bonchev–Trinajstić information content (AvgIpc) is 0.742. The van der Waals surface area contributed by atoms with E-state index in [2.05, 4.69) is 328 Å². The highest BCUT2D eigenvalue weighted by atomic mass is 31.2. The Morgan fingerprint density at radius 1 is 0.231 bits per heavy atom. The van der Waals surface area contributed by atoms with Crippen molar-refractivity contribution in [3.63, 3.8) is 0 Å². The fourth-order valence-corrected chi connectivity index (χ4v) is 21.4. The van der Waals surface area contributed by atoms with Gasteiger partial charge in [-0.25, -0.2) is 0 Å². The fourth-order valence-electron chi connectivity index (χ4n) is 14.1. The Kier molecular flexibility index (Phi) is 21.0. The molecule has 14 aromatic rings. The van der Waals surface area contributed by atoms with E-state index in [-0.39, 0.29) is 0 Å². The van der Waals surface area contributed by atoms with Crippen molar-refractivity contribution in [3.05, 3.63) is 419 Å². The number of benzene rings is 14. The fraction of sp³-hybridized carbons (Fsp3) is 0.106. The molecule has 0 unspecified atom stereocenters. The van der Waals surface area contributed by atoms with Gasteiger partial charge in [-0.05, 0) is 140 Å². The molecule has 8 nitrogen and oxygen atoms in total. The first-order chi connectivity index (χ1) is 51.4. The van der Waals surface area contributed by atoms with E-state index in [1.54, 1.807) is 14.2 Å². The number of para-hydroxylation sites is 2. The van der Waals surface area contributed by atoms with Crippen LogP contribution in [0, 0.1) is 0 Å². The van der Waals surface area contributed by atoms with E-state index < -0.39 is 14.1 Å². The van der Waals surface area contributed by atoms with Gasteiger partial charge in [0.05, 0.1) is 39.7 Å². The van der Waals surface area contributed by atoms with Crippen LogP contribution in [0.4, 0.5) is 11.4 Å². The number of rotatable bonds is 22. The van der Waals surface area contributed by atoms with E-state index in [0.29, 0.717) is 52.1 Å². The van der Waals surface area contributed by atoms with E-state index >= 15 is 0 Å². The summed E-state index contributed by atoms with van der Waals surface area (Å²) in [5.41, 5.74) is 13.8. The normalized spacial score (nSPS) is 11.9. The second-order valence-corrected chi connectivity index (χ2v) is 32.1. The van der Waals surface area contributed by atoms with Crippen LogP contribution in [0.2, 0.25) is 0 Å². The highest BCUT2D eigenvalue weighted by Gasteiger charge is 2.34. The second-order valence-electron chi connectivity index (χ2n) is 26.0. The maximum Gasteiger partial charge on any atom is 0.126 e. The SMILES string of the molecule is COc1ccc(N=P(c2ccccc2)(c2ccccc2)c2cc3c(OCc4ccccc4)c(c2)Cc2cccc(c2OCc2ccccc2)Cc2cc(P(=Nc4ccc(OC)cc4)(c4ccccc4)c4ccccc4)cc(c2OCc2ccccc2)Cc2cccc(c2OCc2ccccc2)C3)cc1. The third kappa shape index (κ3) is 15.1. The molecule has 0 N–H and O–H groups in total. The molecule has 1 aliphatic rings. The van der Waals surface area contributed by atoms with Gasteiger partial charge >= 0.3 is 0 Å². The van der Waals surface area contributed by atoms with Gasteiger partial charge in [0.25, 0.3) is 0 Å². The van der Waals surface area contributed by atoms with Crippen molar-refractivity contribution in [2.45, 2.75) is 52.1 Å². The summed E-state index contributed by atoms with van der Waals surface area (Å²) in [5, 5.41) is 6.57. The van der Waals surface area contributed by atoms with Gasteiger partial charge in [-0.15, -0.1) is 0 Å². The van der Waals surface area contributed by atoms with Gasteiger partial charge in [-0.3, -0.25) is 9.49 Å². The summed E-state index contributed by atoms with van der Waals surface area (Å²) in [5.74, 6) is 4.68. The Balaban J connectivity index is 1.05. The van der Waals surface area contributed by atoms with Gasteiger partial charge in [-0.1, -0.05) is 279 Å². The molecule has 0 heterocycles. The van der Waals surface area contributed by atoms with Crippen LogP contribution >= 0.6 is 14.1 Å². The molecule has 15 rings (SSSR count). The van der Waals surface area contributed by atoms with Gasteiger partial charge in [0.2, 0.25) is 0 Å². The molecule has 1 aliphatic carbocycles. The zero-order valence-electron chi connectivity index (χ0n) is 58.4. The van der Waals surface area contributed by atoms with Crippen LogP contribution in [0.25, 0.3) is 0 Å². The molecule has 8 bridgehead atoms. The van der Waals surface area contributed by atoms with Gasteiger partial charge < -0.3 is 28.4 Å². The number of fused-ring (bicyclic) bond motifs is 8. The molecule has 0 spiro atoms. The molecule has 0 atom stereocenters. The van der Waals surface area contributed by atoms with Crippen molar-refractivity contribution in [2.75, 3.05) is 14.2 Å². The van der Waals surface area contributed by atoms with Gasteiger partial charge in [0.15, 0.2) is 0 Å². The van der Waals surface area contributed by atoms with Gasteiger partial charge in [-0.2, -0.15) is 0 Å². The predicted octanol–water partition coefficient (Wildman–Crippen LogP) is 20.3. The van der Waals surface area contributed by atoms with Crippen molar-refractivity contribution < 1.29 is 28.4 Å². The molecule has 14 aromatic carbocycles. The third-order valence-electron chi connectivity index (χ3n) is 19.2. The Hall–Kier alpha value is -11.7. The number of hydrogen-bond acceptors (Lipinski definition) is 8. The Labute approximate surface area is 610 Å². The molecule has 104 heavy (non-hydrogen) atoms. The van der Waals surface area contributed by atoms with Crippen LogP contribution in [0.3, 0.4) is 0 Å². The predicted molar refractivity (Wildman–Crippen MR) is 428 cm³/mol. The molecule has 512 valence electrons. The van der Waals surface area contributed by atoms with Crippen molar-refractivity contribution >= 4 is 57.3 Å². The largest absolute Gasteiger partial charge is 0.497 e. The maximum atomic E-state index is 7.55. The second kappa shape index (κ2) is 32.1. The summed E-state index contributed by atoms with van der Waals surface area (Å²) >= 11 is 0. The zero-order valence-corrected chi connectivity index (χ0v) is 60.2. The first-order valence-corrected chi connectivity index (χ1v) is 38.8. The smallest absolute Gasteiger partial charge is 0.126 e. The minimum Gasteiger partial charge on any atom is -0.497 e. The van der Waals surface area contributed by atoms with Crippen LogP contribution < -0.4 is 60.2 Å². The maximum absolute atomic E-state index is 7.55. The number of methoxy groups -OCH3 is 2. The minimum absolute atomic E-state index is 0.325. The number of nitrogens with zero attached hydrogens (tertiary/aromatic N) is 2. The van der Waals surface area contributed by atoms with Crippen molar-refractivity contribution in [1.82, 2.24) is 0 Å². The summed E-state index contributed by atoms with van der Waals surface area (Å²) in [7, 11) is -2.66.